The van der Waals surface area contributed by atoms with Gasteiger partial charge in [-0.2, -0.15) is 5.10 Å². The van der Waals surface area contributed by atoms with E-state index in [0.29, 0.717) is 42.3 Å². The Morgan fingerprint density at radius 3 is 2.42 bits per heavy atom. The molecule has 5 aliphatic rings. The van der Waals surface area contributed by atoms with Gasteiger partial charge in [0.25, 0.3) is 0 Å². The maximum atomic E-state index is 16.5. The van der Waals surface area contributed by atoms with Crippen LogP contribution in [0.1, 0.15) is 111 Å². The van der Waals surface area contributed by atoms with Crippen LogP contribution in [-0.4, -0.2) is 113 Å². The second-order valence-corrected chi connectivity index (χ2v) is 21.4. The molecule has 4 unspecified atom stereocenters. The van der Waals surface area contributed by atoms with Gasteiger partial charge < -0.3 is 35.4 Å². The van der Waals surface area contributed by atoms with E-state index in [1.807, 2.05) is 49.0 Å². The zero-order valence-corrected chi connectivity index (χ0v) is 42.9. The van der Waals surface area contributed by atoms with Crippen molar-refractivity contribution >= 4 is 52.1 Å². The normalized spacial score (nSPS) is 24.7. The second kappa shape index (κ2) is 21.2. The Morgan fingerprint density at radius 1 is 0.959 bits per heavy atom. The Kier molecular flexibility index (Phi) is 14.7. The Balaban J connectivity index is 0.738. The fraction of sp³-hybridized carbons (Fsp3) is 0.482. The number of piperidine rings is 2. The van der Waals surface area contributed by atoms with Gasteiger partial charge in [0.1, 0.15) is 18.2 Å². The number of hydrogen-bond donors (Lipinski definition) is 4. The van der Waals surface area contributed by atoms with Crippen molar-refractivity contribution in [3.05, 3.63) is 106 Å². The van der Waals surface area contributed by atoms with Crippen molar-refractivity contribution in [1.29, 1.82) is 0 Å². The average Bonchev–Trinajstić information content (AvgIpc) is 3.88. The Labute approximate surface area is 434 Å². The summed E-state index contributed by atoms with van der Waals surface area (Å²) in [6, 6.07) is 19.8. The van der Waals surface area contributed by atoms with E-state index in [4.69, 9.17) is 26.8 Å². The minimum atomic E-state index is -1.10. The number of nitrogens with zero attached hydrogens (tertiary/aromatic N) is 5. The van der Waals surface area contributed by atoms with E-state index in [2.05, 4.69) is 50.7 Å². The highest BCUT2D eigenvalue weighted by atomic mass is 35.5. The summed E-state index contributed by atoms with van der Waals surface area (Å²) in [5.41, 5.74) is 7.57. The third-order valence-electron chi connectivity index (χ3n) is 16.7. The molecule has 4 atom stereocenters. The van der Waals surface area contributed by atoms with Gasteiger partial charge in [0.2, 0.25) is 17.7 Å². The minimum absolute atomic E-state index is 0.0494. The molecule has 5 aromatic rings. The largest absolute Gasteiger partial charge is 0.488 e. The van der Waals surface area contributed by atoms with E-state index in [0.717, 1.165) is 94.0 Å². The summed E-state index contributed by atoms with van der Waals surface area (Å²) in [6.07, 6.45) is 7.37. The molecule has 74 heavy (non-hydrogen) atoms. The van der Waals surface area contributed by atoms with Crippen molar-refractivity contribution in [1.82, 2.24) is 30.2 Å². The van der Waals surface area contributed by atoms with Crippen molar-refractivity contribution in [2.75, 3.05) is 57.4 Å². The van der Waals surface area contributed by atoms with Crippen molar-refractivity contribution in [2.45, 2.75) is 101 Å². The number of nitrogens with two attached hydrogens (primary N) is 1. The van der Waals surface area contributed by atoms with E-state index in [-0.39, 0.29) is 71.6 Å². The summed E-state index contributed by atoms with van der Waals surface area (Å²) in [6.45, 7) is 7.82. The van der Waals surface area contributed by atoms with Crippen molar-refractivity contribution in [2.24, 2.45) is 24.6 Å². The zero-order valence-electron chi connectivity index (χ0n) is 42.2. The molecule has 0 radical (unpaired) electrons. The minimum Gasteiger partial charge on any atom is -0.488 e. The van der Waals surface area contributed by atoms with Crippen LogP contribution in [0.15, 0.2) is 66.7 Å². The van der Waals surface area contributed by atoms with E-state index in [9.17, 15) is 24.3 Å². The molecule has 5 N–H and O–H groups in total. The first-order chi connectivity index (χ1) is 35.6. The number of benzene rings is 4. The lowest BCUT2D eigenvalue weighted by Crippen LogP contribution is -2.49. The monoisotopic (exact) mass is 1030 g/mol. The van der Waals surface area contributed by atoms with Crippen LogP contribution in [0, 0.1) is 23.5 Å². The Bertz CT molecular complexity index is 2960. The summed E-state index contributed by atoms with van der Waals surface area (Å²) in [7, 11) is 1.89. The smallest absolute Gasteiger partial charge is 0.329 e. The first-order valence-corrected chi connectivity index (χ1v) is 26.5. The lowest BCUT2D eigenvalue weighted by molar-refractivity contribution is -0.138. The van der Waals surface area contributed by atoms with E-state index >= 15 is 8.78 Å². The molecule has 5 heterocycles. The van der Waals surface area contributed by atoms with Gasteiger partial charge in [-0.25, -0.2) is 13.6 Å². The van der Waals surface area contributed by atoms with Crippen molar-refractivity contribution < 1.29 is 42.5 Å². The highest BCUT2D eigenvalue weighted by Crippen LogP contribution is 2.56. The molecule has 392 valence electrons. The van der Waals surface area contributed by atoms with Gasteiger partial charge in [-0.3, -0.25) is 29.3 Å². The van der Waals surface area contributed by atoms with Crippen LogP contribution in [0.2, 0.25) is 5.02 Å². The van der Waals surface area contributed by atoms with E-state index < -0.39 is 40.1 Å². The number of imide groups is 1. The molecule has 3 saturated heterocycles. The number of hydrogen-bond acceptors (Lipinski definition) is 10. The van der Waals surface area contributed by atoms with E-state index in [1.165, 1.54) is 23.8 Å². The molecule has 4 aliphatic heterocycles. The molecule has 0 spiro atoms. The first-order valence-electron chi connectivity index (χ1n) is 26.1. The molecule has 0 bridgehead atoms. The summed E-state index contributed by atoms with van der Waals surface area (Å²) in [5.74, 6) is -1.98. The van der Waals surface area contributed by atoms with Crippen LogP contribution < -0.4 is 30.7 Å². The lowest BCUT2D eigenvalue weighted by atomic mass is 9.77. The van der Waals surface area contributed by atoms with Crippen LogP contribution in [0.5, 0.6) is 11.5 Å². The van der Waals surface area contributed by atoms with Crippen LogP contribution in [0.25, 0.3) is 22.0 Å². The van der Waals surface area contributed by atoms with Gasteiger partial charge in [0.15, 0.2) is 23.0 Å². The molecule has 18 heteroatoms. The average molecular weight is 1040 g/mol. The number of ether oxygens (including phenoxy) is 2. The number of nitrogens with one attached hydrogen (secondary N) is 2. The molecule has 10 rings (SSSR count). The first kappa shape index (κ1) is 51.4. The number of urea groups is 1. The number of fused-ring (bicyclic) bond motifs is 2. The SMILES string of the molecule is CC1CC(c2ccc3c(N4CCC(=O)NC4=O)nn(C)c3c2)CCN1CC1CCN(C(=O)C2CCC(NCC3(c4ccccc4)Oc4cc(F)c(Cl)c(-c5c(C(N)=O)ccc(OCCO)c5F)c4C3C)CC2)CC1. The number of anilines is 1. The number of aryl methyl sites for hydroxylation is 1. The number of likely N-dealkylation sites (tertiary alicyclic amines) is 2. The second-order valence-electron chi connectivity index (χ2n) is 21.0. The topological polar surface area (TPSA) is 185 Å². The molecule has 15 nitrogen and oxygen atoms in total. The Hall–Kier alpha value is -6.14. The van der Waals surface area contributed by atoms with Gasteiger partial charge in [0, 0.05) is 98.3 Å². The highest BCUT2D eigenvalue weighted by Gasteiger charge is 2.50. The van der Waals surface area contributed by atoms with Gasteiger partial charge in [-0.1, -0.05) is 54.9 Å². The molecular formula is C56H65ClF2N8O7. The Morgan fingerprint density at radius 2 is 1.72 bits per heavy atom. The zero-order chi connectivity index (χ0) is 52.0. The maximum Gasteiger partial charge on any atom is 0.329 e. The predicted octanol–water partition coefficient (Wildman–Crippen LogP) is 8.13. The van der Waals surface area contributed by atoms with Gasteiger partial charge in [0.05, 0.1) is 22.7 Å². The number of primary amides is 1. The summed E-state index contributed by atoms with van der Waals surface area (Å²) in [5, 5.41) is 20.7. The van der Waals surface area contributed by atoms with Crippen molar-refractivity contribution in [3.8, 4) is 22.6 Å². The number of amides is 5. The quantitative estimate of drug-likeness (QED) is 0.0847. The number of aromatic nitrogens is 2. The number of rotatable bonds is 14. The standard InChI is InChI=1S/C56H65ClF2N8O7/c1-32-27-37(36-11-14-40-43(28-36)64(3)63-53(40)67-24-20-46(69)62-55(67)72)19-23-66(32)30-34-17-21-65(22-18-34)54(71)35-9-12-39(13-10-35)61-31-56(38-7-5-4-6-8-38)33(2)47-45(74-56)29-42(58)50(57)49(47)48-41(52(60)70)15-16-44(51(48)59)73-26-25-68/h4-8,11,14-16,28-29,32-35,37,39,61,68H,9-10,12-13,17-27,30-31H2,1-3H3,(H2,60,70)(H,62,69,72). The van der Waals surface area contributed by atoms with Crippen LogP contribution in [-0.2, 0) is 22.2 Å². The maximum absolute atomic E-state index is 16.5. The summed E-state index contributed by atoms with van der Waals surface area (Å²) >= 11 is 6.73. The predicted molar refractivity (Wildman–Crippen MR) is 277 cm³/mol. The number of carbonyl (C=O) groups excluding carboxylic acids is 4. The van der Waals surface area contributed by atoms with Crippen LogP contribution in [0.4, 0.5) is 19.4 Å². The van der Waals surface area contributed by atoms with Gasteiger partial charge in [-0.05, 0) is 112 Å². The van der Waals surface area contributed by atoms with Gasteiger partial charge in [-0.15, -0.1) is 0 Å². The number of carbonyl (C=O) groups is 4. The highest BCUT2D eigenvalue weighted by molar-refractivity contribution is 6.34. The molecule has 4 aromatic carbocycles. The molecule has 1 saturated carbocycles. The molecule has 5 amide bonds. The fourth-order valence-corrected chi connectivity index (χ4v) is 12.8. The van der Waals surface area contributed by atoms with E-state index in [1.54, 1.807) is 4.90 Å². The summed E-state index contributed by atoms with van der Waals surface area (Å²) < 4.78 is 46.5. The fourth-order valence-electron chi connectivity index (χ4n) is 12.5. The molecule has 1 aliphatic carbocycles. The number of aliphatic hydroxyl groups is 1. The molecule has 1 aromatic heterocycles. The molecule has 4 fully saturated rings. The van der Waals surface area contributed by atoms with Crippen molar-refractivity contribution in [3.63, 3.8) is 0 Å². The van der Waals surface area contributed by atoms with Crippen LogP contribution >= 0.6 is 11.6 Å². The number of aliphatic hydroxyl groups excluding tert-OH is 1. The summed E-state index contributed by atoms with van der Waals surface area (Å²) in [4.78, 5) is 57.5. The molecular weight excluding hydrogens is 970 g/mol. The third kappa shape index (κ3) is 9.72. The number of halogens is 3. The third-order valence-corrected chi connectivity index (χ3v) is 17.0. The lowest BCUT2D eigenvalue weighted by Gasteiger charge is -2.42. The van der Waals surface area contributed by atoms with Crippen LogP contribution in [0.3, 0.4) is 0 Å². The van der Waals surface area contributed by atoms with Gasteiger partial charge >= 0.3 is 6.03 Å².